The molecule has 1 amide bonds. The highest BCUT2D eigenvalue weighted by atomic mass is 16.5. The zero-order valence-corrected chi connectivity index (χ0v) is 20.3. The highest BCUT2D eigenvalue weighted by Gasteiger charge is 2.47. The van der Waals surface area contributed by atoms with Crippen LogP contribution in [0.15, 0.2) is 70.7 Å². The largest absolute Gasteiger partial charge is 0.507 e. The van der Waals surface area contributed by atoms with Gasteiger partial charge in [0.15, 0.2) is 0 Å². The zero-order chi connectivity index (χ0) is 25.1. The lowest BCUT2D eigenvalue weighted by atomic mass is 9.99. The first-order valence-corrected chi connectivity index (χ1v) is 11.5. The summed E-state index contributed by atoms with van der Waals surface area (Å²) in [6.45, 7) is 6.61. The molecule has 7 nitrogen and oxygen atoms in total. The Morgan fingerprint density at radius 1 is 1.06 bits per heavy atom. The Morgan fingerprint density at radius 3 is 2.43 bits per heavy atom. The average molecular weight is 476 g/mol. The molecule has 1 aromatic heterocycles. The minimum atomic E-state index is -0.869. The van der Waals surface area contributed by atoms with Crippen molar-refractivity contribution in [2.24, 2.45) is 5.92 Å². The molecule has 1 saturated heterocycles. The standard InChI is InChI=1S/C28H29NO6/c1-17(2)16-34-21-11-9-20(10-12-21)26(30)24-25(23-13-8-18(3)35-23)29(28(32)27(24)31)15-19-6-5-7-22(14-19)33-4/h5-14,17,25,30H,15-16H2,1-4H3/b26-24-. The van der Waals surface area contributed by atoms with Gasteiger partial charge in [-0.05, 0) is 66.9 Å². The maximum Gasteiger partial charge on any atom is 0.296 e. The molecule has 1 aliphatic rings. The lowest BCUT2D eigenvalue weighted by Crippen LogP contribution is -2.29. The number of Topliss-reactive ketones (excluding diaryl/α,β-unsaturated/α-hetero) is 1. The summed E-state index contributed by atoms with van der Waals surface area (Å²) in [5, 5.41) is 11.2. The van der Waals surface area contributed by atoms with Gasteiger partial charge < -0.3 is 23.9 Å². The predicted molar refractivity (Wildman–Crippen MR) is 131 cm³/mol. The maximum absolute atomic E-state index is 13.2. The van der Waals surface area contributed by atoms with Crippen molar-refractivity contribution in [1.29, 1.82) is 0 Å². The fourth-order valence-electron chi connectivity index (χ4n) is 4.03. The molecule has 1 fully saturated rings. The Morgan fingerprint density at radius 2 is 1.80 bits per heavy atom. The smallest absolute Gasteiger partial charge is 0.296 e. The van der Waals surface area contributed by atoms with Gasteiger partial charge in [-0.2, -0.15) is 0 Å². The molecule has 2 heterocycles. The second-order valence-electron chi connectivity index (χ2n) is 8.96. The molecule has 0 bridgehead atoms. The first-order chi connectivity index (χ1) is 16.8. The monoisotopic (exact) mass is 475 g/mol. The zero-order valence-electron chi connectivity index (χ0n) is 20.3. The Kier molecular flexibility index (Phi) is 6.96. The number of benzene rings is 2. The topological polar surface area (TPSA) is 89.2 Å². The summed E-state index contributed by atoms with van der Waals surface area (Å²) in [7, 11) is 1.57. The second-order valence-corrected chi connectivity index (χ2v) is 8.96. The van der Waals surface area contributed by atoms with Crippen LogP contribution in [0.3, 0.4) is 0 Å². The van der Waals surface area contributed by atoms with E-state index in [0.29, 0.717) is 41.1 Å². The molecular formula is C28H29NO6. The molecule has 1 N–H and O–H groups in total. The predicted octanol–water partition coefficient (Wildman–Crippen LogP) is 5.25. The van der Waals surface area contributed by atoms with Gasteiger partial charge in [0.05, 0.1) is 19.3 Å². The van der Waals surface area contributed by atoms with Crippen molar-refractivity contribution in [2.45, 2.75) is 33.4 Å². The molecule has 182 valence electrons. The summed E-state index contributed by atoms with van der Waals surface area (Å²) in [5.41, 5.74) is 1.18. The number of hydrogen-bond acceptors (Lipinski definition) is 6. The Bertz CT molecular complexity index is 1250. The normalized spacial score (nSPS) is 17.3. The van der Waals surface area contributed by atoms with Crippen LogP contribution in [-0.4, -0.2) is 35.4 Å². The highest BCUT2D eigenvalue weighted by Crippen LogP contribution is 2.41. The van der Waals surface area contributed by atoms with Gasteiger partial charge in [0.1, 0.15) is 34.8 Å². The number of furan rings is 1. The van der Waals surface area contributed by atoms with Crippen LogP contribution in [0, 0.1) is 12.8 Å². The van der Waals surface area contributed by atoms with E-state index in [9.17, 15) is 14.7 Å². The van der Waals surface area contributed by atoms with Crippen LogP contribution >= 0.6 is 0 Å². The van der Waals surface area contributed by atoms with Crippen molar-refractivity contribution in [2.75, 3.05) is 13.7 Å². The van der Waals surface area contributed by atoms with Crippen molar-refractivity contribution >= 4 is 17.4 Å². The van der Waals surface area contributed by atoms with Gasteiger partial charge >= 0.3 is 0 Å². The molecule has 2 aromatic carbocycles. The van der Waals surface area contributed by atoms with Crippen molar-refractivity contribution in [3.8, 4) is 11.5 Å². The molecule has 0 radical (unpaired) electrons. The summed E-state index contributed by atoms with van der Waals surface area (Å²) < 4.78 is 16.8. The molecule has 1 atom stereocenters. The Labute approximate surface area is 204 Å². The third-order valence-corrected chi connectivity index (χ3v) is 5.77. The fraction of sp³-hybridized carbons (Fsp3) is 0.286. The van der Waals surface area contributed by atoms with Crippen molar-refractivity contribution < 1.29 is 28.6 Å². The van der Waals surface area contributed by atoms with Gasteiger partial charge in [-0.15, -0.1) is 0 Å². The van der Waals surface area contributed by atoms with E-state index in [4.69, 9.17) is 13.9 Å². The van der Waals surface area contributed by atoms with Crippen LogP contribution in [0.5, 0.6) is 11.5 Å². The van der Waals surface area contributed by atoms with Crippen LogP contribution in [0.4, 0.5) is 0 Å². The number of methoxy groups -OCH3 is 1. The van der Waals surface area contributed by atoms with Gasteiger partial charge in [0, 0.05) is 12.1 Å². The molecule has 1 unspecified atom stereocenters. The second kappa shape index (κ2) is 10.1. The van der Waals surface area contributed by atoms with Gasteiger partial charge in [0.2, 0.25) is 0 Å². The van der Waals surface area contributed by atoms with Gasteiger partial charge in [-0.1, -0.05) is 26.0 Å². The summed E-state index contributed by atoms with van der Waals surface area (Å²) in [6.07, 6.45) is 0. The number of aryl methyl sites for hydroxylation is 1. The molecule has 0 saturated carbocycles. The first kappa shape index (κ1) is 24.1. The fourth-order valence-corrected chi connectivity index (χ4v) is 4.03. The van der Waals surface area contributed by atoms with Crippen LogP contribution in [0.2, 0.25) is 0 Å². The lowest BCUT2D eigenvalue weighted by Gasteiger charge is -2.23. The Hall–Kier alpha value is -4.00. The van der Waals surface area contributed by atoms with Crippen LogP contribution in [0.25, 0.3) is 5.76 Å². The van der Waals surface area contributed by atoms with E-state index in [2.05, 4.69) is 13.8 Å². The summed E-state index contributed by atoms with van der Waals surface area (Å²) >= 11 is 0. The number of rotatable bonds is 8. The number of hydrogen-bond donors (Lipinski definition) is 1. The molecule has 4 rings (SSSR count). The quantitative estimate of drug-likeness (QED) is 0.272. The number of ketones is 1. The minimum Gasteiger partial charge on any atom is -0.507 e. The van der Waals surface area contributed by atoms with E-state index in [1.54, 1.807) is 62.6 Å². The summed E-state index contributed by atoms with van der Waals surface area (Å²) in [5.74, 6) is 0.999. The molecule has 3 aromatic rings. The number of aliphatic hydroxyl groups excluding tert-OH is 1. The van der Waals surface area contributed by atoms with Crippen molar-refractivity contribution in [3.05, 3.63) is 88.9 Å². The van der Waals surface area contributed by atoms with Crippen LogP contribution in [-0.2, 0) is 16.1 Å². The van der Waals surface area contributed by atoms with Crippen molar-refractivity contribution in [1.82, 2.24) is 4.90 Å². The van der Waals surface area contributed by atoms with Crippen LogP contribution in [0.1, 0.15) is 42.5 Å². The van der Waals surface area contributed by atoms with E-state index in [0.717, 1.165) is 5.56 Å². The summed E-state index contributed by atoms with van der Waals surface area (Å²) in [6, 6.07) is 16.7. The number of ether oxygens (including phenoxy) is 2. The van der Waals surface area contributed by atoms with Crippen molar-refractivity contribution in [3.63, 3.8) is 0 Å². The van der Waals surface area contributed by atoms with E-state index >= 15 is 0 Å². The van der Waals surface area contributed by atoms with E-state index in [-0.39, 0.29) is 17.9 Å². The third kappa shape index (κ3) is 5.09. The van der Waals surface area contributed by atoms with E-state index in [1.165, 1.54) is 4.90 Å². The van der Waals surface area contributed by atoms with E-state index in [1.807, 2.05) is 12.1 Å². The first-order valence-electron chi connectivity index (χ1n) is 11.5. The molecule has 7 heteroatoms. The SMILES string of the molecule is COc1cccc(CN2C(=O)C(=O)/C(=C(\O)c3ccc(OCC(C)C)cc3)C2c2ccc(C)o2)c1. The minimum absolute atomic E-state index is 0.0110. The molecule has 1 aliphatic heterocycles. The van der Waals surface area contributed by atoms with Crippen LogP contribution < -0.4 is 9.47 Å². The number of nitrogens with zero attached hydrogens (tertiary/aromatic N) is 1. The molecular weight excluding hydrogens is 446 g/mol. The summed E-state index contributed by atoms with van der Waals surface area (Å²) in [4.78, 5) is 27.7. The molecule has 0 aliphatic carbocycles. The van der Waals surface area contributed by atoms with E-state index < -0.39 is 17.7 Å². The third-order valence-electron chi connectivity index (χ3n) is 5.77. The molecule has 0 spiro atoms. The van der Waals surface area contributed by atoms with Gasteiger partial charge in [-0.25, -0.2) is 0 Å². The number of carbonyl (C=O) groups is 2. The number of likely N-dealkylation sites (tertiary alicyclic amines) is 1. The number of amides is 1. The highest BCUT2D eigenvalue weighted by molar-refractivity contribution is 6.46. The molecule has 35 heavy (non-hydrogen) atoms. The average Bonchev–Trinajstić information content (AvgIpc) is 3.39. The Balaban J connectivity index is 1.73. The lowest BCUT2D eigenvalue weighted by molar-refractivity contribution is -0.140. The van der Waals surface area contributed by atoms with Gasteiger partial charge in [-0.3, -0.25) is 9.59 Å². The van der Waals surface area contributed by atoms with Gasteiger partial charge in [0.25, 0.3) is 11.7 Å². The number of carbonyl (C=O) groups excluding carboxylic acids is 2. The maximum atomic E-state index is 13.2. The number of aliphatic hydroxyl groups is 1.